The average molecular weight is 338 g/mol. The van der Waals surface area contributed by atoms with Crippen molar-refractivity contribution in [1.29, 1.82) is 0 Å². The van der Waals surface area contributed by atoms with E-state index in [0.29, 0.717) is 11.8 Å². The molecule has 1 atom stereocenters. The molecule has 0 spiro atoms. The van der Waals surface area contributed by atoms with Crippen molar-refractivity contribution < 1.29 is 4.74 Å². The van der Waals surface area contributed by atoms with E-state index in [1.807, 2.05) is 22.9 Å². The molecule has 1 aliphatic heterocycles. The van der Waals surface area contributed by atoms with Crippen LogP contribution in [0.15, 0.2) is 22.7 Å². The second-order valence-electron chi connectivity index (χ2n) is 4.89. The van der Waals surface area contributed by atoms with Gasteiger partial charge in [-0.2, -0.15) is 0 Å². The number of hydrogen-bond donors (Lipinski definition) is 1. The van der Waals surface area contributed by atoms with Gasteiger partial charge < -0.3 is 10.5 Å². The van der Waals surface area contributed by atoms with E-state index in [-0.39, 0.29) is 0 Å². The Hall–Kier alpha value is -1.47. The summed E-state index contributed by atoms with van der Waals surface area (Å²) < 4.78 is 8.31. The number of tetrazole rings is 1. The standard InChI is InChI=1S/C13H16BrN5O/c14-11-4-3-9(8-12(11)15)13-16-17-18-19(13)6-5-10-2-1-7-20-10/h3-4,8,10H,1-2,5-7,15H2. The molecule has 1 aromatic heterocycles. The topological polar surface area (TPSA) is 78.9 Å². The van der Waals surface area contributed by atoms with Crippen LogP contribution in [0.25, 0.3) is 11.4 Å². The van der Waals surface area contributed by atoms with Crippen LogP contribution >= 0.6 is 15.9 Å². The molecule has 2 N–H and O–H groups in total. The zero-order valence-electron chi connectivity index (χ0n) is 11.0. The van der Waals surface area contributed by atoms with Gasteiger partial charge in [0.05, 0.1) is 6.10 Å². The van der Waals surface area contributed by atoms with Crippen LogP contribution in [0.2, 0.25) is 0 Å². The average Bonchev–Trinajstić information content (AvgIpc) is 3.10. The Morgan fingerprint density at radius 3 is 3.10 bits per heavy atom. The number of nitrogens with zero attached hydrogens (tertiary/aromatic N) is 4. The molecule has 0 radical (unpaired) electrons. The maximum absolute atomic E-state index is 5.91. The quantitative estimate of drug-likeness (QED) is 0.865. The number of ether oxygens (including phenoxy) is 1. The Kier molecular flexibility index (Phi) is 3.98. The maximum atomic E-state index is 5.91. The Morgan fingerprint density at radius 2 is 2.35 bits per heavy atom. The van der Waals surface area contributed by atoms with Crippen LogP contribution in [-0.2, 0) is 11.3 Å². The molecule has 6 nitrogen and oxygen atoms in total. The molecular weight excluding hydrogens is 322 g/mol. The van der Waals surface area contributed by atoms with Gasteiger partial charge in [-0.05, 0) is 63.8 Å². The predicted octanol–water partition coefficient (Wildman–Crippen LogP) is 2.25. The third-order valence-corrected chi connectivity index (χ3v) is 4.20. The Balaban J connectivity index is 1.76. The van der Waals surface area contributed by atoms with Crippen molar-refractivity contribution in [3.05, 3.63) is 22.7 Å². The molecule has 0 bridgehead atoms. The summed E-state index contributed by atoms with van der Waals surface area (Å²) in [5, 5.41) is 11.9. The molecule has 1 saturated heterocycles. The third-order valence-electron chi connectivity index (χ3n) is 3.47. The van der Waals surface area contributed by atoms with Gasteiger partial charge in [0.15, 0.2) is 5.82 Å². The Bertz CT molecular complexity index is 594. The summed E-state index contributed by atoms with van der Waals surface area (Å²) in [4.78, 5) is 0. The predicted molar refractivity (Wildman–Crippen MR) is 79.0 cm³/mol. The molecule has 0 aliphatic carbocycles. The van der Waals surface area contributed by atoms with Gasteiger partial charge in [0.25, 0.3) is 0 Å². The van der Waals surface area contributed by atoms with Gasteiger partial charge in [0.1, 0.15) is 0 Å². The van der Waals surface area contributed by atoms with Crippen molar-refractivity contribution in [2.24, 2.45) is 0 Å². The monoisotopic (exact) mass is 337 g/mol. The molecule has 2 aromatic rings. The van der Waals surface area contributed by atoms with Gasteiger partial charge in [-0.15, -0.1) is 5.10 Å². The lowest BCUT2D eigenvalue weighted by atomic mass is 10.1. The Morgan fingerprint density at radius 1 is 1.45 bits per heavy atom. The summed E-state index contributed by atoms with van der Waals surface area (Å²) >= 11 is 3.39. The molecule has 0 amide bonds. The SMILES string of the molecule is Nc1cc(-c2nnnn2CCC2CCCO2)ccc1Br. The highest BCUT2D eigenvalue weighted by Gasteiger charge is 2.17. The number of nitrogen functional groups attached to an aromatic ring is 1. The fourth-order valence-electron chi connectivity index (χ4n) is 2.38. The highest BCUT2D eigenvalue weighted by atomic mass is 79.9. The molecule has 3 rings (SSSR count). The first-order chi connectivity index (χ1) is 9.74. The summed E-state index contributed by atoms with van der Waals surface area (Å²) in [5.41, 5.74) is 7.50. The third kappa shape index (κ3) is 2.83. The number of halogens is 1. The molecule has 106 valence electrons. The number of nitrogens with two attached hydrogens (primary N) is 1. The lowest BCUT2D eigenvalue weighted by Gasteiger charge is -2.10. The van der Waals surface area contributed by atoms with Gasteiger partial charge in [0, 0.05) is 28.9 Å². The van der Waals surface area contributed by atoms with Gasteiger partial charge in [-0.25, -0.2) is 4.68 Å². The number of anilines is 1. The van der Waals surface area contributed by atoms with E-state index in [9.17, 15) is 0 Å². The fraction of sp³-hybridized carbons (Fsp3) is 0.462. The second-order valence-corrected chi connectivity index (χ2v) is 5.74. The molecule has 1 aromatic carbocycles. The lowest BCUT2D eigenvalue weighted by Crippen LogP contribution is -2.12. The van der Waals surface area contributed by atoms with E-state index in [1.165, 1.54) is 0 Å². The van der Waals surface area contributed by atoms with Crippen molar-refractivity contribution >= 4 is 21.6 Å². The molecule has 7 heteroatoms. The van der Waals surface area contributed by atoms with Gasteiger partial charge in [-0.3, -0.25) is 0 Å². The smallest absolute Gasteiger partial charge is 0.182 e. The maximum Gasteiger partial charge on any atom is 0.182 e. The first-order valence-electron chi connectivity index (χ1n) is 6.67. The summed E-state index contributed by atoms with van der Waals surface area (Å²) in [6.07, 6.45) is 3.55. The van der Waals surface area contributed by atoms with Crippen LogP contribution in [0.1, 0.15) is 19.3 Å². The summed E-state index contributed by atoms with van der Waals surface area (Å²) in [7, 11) is 0. The molecular formula is C13H16BrN5O. The molecule has 0 saturated carbocycles. The number of benzene rings is 1. The first kappa shape index (κ1) is 13.5. The number of aryl methyl sites for hydroxylation is 1. The highest BCUT2D eigenvalue weighted by molar-refractivity contribution is 9.10. The van der Waals surface area contributed by atoms with E-state index in [1.54, 1.807) is 0 Å². The number of hydrogen-bond acceptors (Lipinski definition) is 5. The van der Waals surface area contributed by atoms with Crippen LogP contribution < -0.4 is 5.73 Å². The van der Waals surface area contributed by atoms with Crippen LogP contribution in [0, 0.1) is 0 Å². The normalized spacial score (nSPS) is 18.6. The van der Waals surface area contributed by atoms with Crippen LogP contribution in [-0.4, -0.2) is 32.9 Å². The largest absolute Gasteiger partial charge is 0.398 e. The fourth-order valence-corrected chi connectivity index (χ4v) is 2.63. The zero-order valence-corrected chi connectivity index (χ0v) is 12.6. The highest BCUT2D eigenvalue weighted by Crippen LogP contribution is 2.26. The van der Waals surface area contributed by atoms with Gasteiger partial charge in [-0.1, -0.05) is 0 Å². The van der Waals surface area contributed by atoms with E-state index in [0.717, 1.165) is 48.3 Å². The second kappa shape index (κ2) is 5.88. The Labute approximate surface area is 125 Å². The van der Waals surface area contributed by atoms with Crippen molar-refractivity contribution in [3.63, 3.8) is 0 Å². The minimum atomic E-state index is 0.335. The number of rotatable bonds is 4. The zero-order chi connectivity index (χ0) is 13.9. The lowest BCUT2D eigenvalue weighted by molar-refractivity contribution is 0.0994. The van der Waals surface area contributed by atoms with E-state index in [2.05, 4.69) is 31.5 Å². The van der Waals surface area contributed by atoms with E-state index >= 15 is 0 Å². The van der Waals surface area contributed by atoms with Crippen LogP contribution in [0.3, 0.4) is 0 Å². The van der Waals surface area contributed by atoms with Crippen molar-refractivity contribution in [3.8, 4) is 11.4 Å². The van der Waals surface area contributed by atoms with Crippen LogP contribution in [0.5, 0.6) is 0 Å². The van der Waals surface area contributed by atoms with E-state index < -0.39 is 0 Å². The summed E-state index contributed by atoms with van der Waals surface area (Å²) in [6, 6.07) is 5.73. The first-order valence-corrected chi connectivity index (χ1v) is 7.46. The molecule has 20 heavy (non-hydrogen) atoms. The van der Waals surface area contributed by atoms with E-state index in [4.69, 9.17) is 10.5 Å². The van der Waals surface area contributed by atoms with Gasteiger partial charge in [0.2, 0.25) is 0 Å². The minimum absolute atomic E-state index is 0.335. The van der Waals surface area contributed by atoms with Crippen LogP contribution in [0.4, 0.5) is 5.69 Å². The van der Waals surface area contributed by atoms with Crippen molar-refractivity contribution in [1.82, 2.24) is 20.2 Å². The molecule has 1 aliphatic rings. The molecule has 2 heterocycles. The molecule has 1 unspecified atom stereocenters. The number of aromatic nitrogens is 4. The van der Waals surface area contributed by atoms with Crippen molar-refractivity contribution in [2.45, 2.75) is 31.9 Å². The summed E-state index contributed by atoms with van der Waals surface area (Å²) in [5.74, 6) is 0.738. The van der Waals surface area contributed by atoms with Crippen molar-refractivity contribution in [2.75, 3.05) is 12.3 Å². The summed E-state index contributed by atoms with van der Waals surface area (Å²) in [6.45, 7) is 1.62. The minimum Gasteiger partial charge on any atom is -0.398 e. The van der Waals surface area contributed by atoms with Gasteiger partial charge >= 0.3 is 0 Å². The molecule has 1 fully saturated rings.